The van der Waals surface area contributed by atoms with Crippen molar-refractivity contribution in [3.05, 3.63) is 57.8 Å². The lowest BCUT2D eigenvalue weighted by Gasteiger charge is -1.98. The molecule has 0 aliphatic carbocycles. The fraction of sp³-hybridized carbons (Fsp3) is 0.154. The predicted octanol–water partition coefficient (Wildman–Crippen LogP) is 2.89. The van der Waals surface area contributed by atoms with E-state index in [0.717, 1.165) is 13.1 Å². The first-order valence-corrected chi connectivity index (χ1v) is 6.04. The van der Waals surface area contributed by atoms with Crippen molar-refractivity contribution in [1.29, 1.82) is 0 Å². The molecule has 1 aliphatic heterocycles. The number of benzene rings is 1. The fourth-order valence-electron chi connectivity index (χ4n) is 1.96. The van der Waals surface area contributed by atoms with Gasteiger partial charge in [0.15, 0.2) is 19.3 Å². The highest BCUT2D eigenvalue weighted by Gasteiger charge is 2.19. The van der Waals surface area contributed by atoms with E-state index in [1.54, 1.807) is 11.3 Å². The van der Waals surface area contributed by atoms with Crippen LogP contribution < -0.4 is 0 Å². The summed E-state index contributed by atoms with van der Waals surface area (Å²) in [7, 11) is 0. The summed E-state index contributed by atoms with van der Waals surface area (Å²) >= 11 is 1.79. The van der Waals surface area contributed by atoms with Crippen molar-refractivity contribution in [2.45, 2.75) is 13.1 Å². The fourth-order valence-corrected chi connectivity index (χ4v) is 2.76. The van der Waals surface area contributed by atoms with E-state index in [4.69, 9.17) is 0 Å². The summed E-state index contributed by atoms with van der Waals surface area (Å²) in [5.41, 5.74) is 4.24. The molecule has 0 saturated carbocycles. The minimum Gasteiger partial charge on any atom is -0.227 e. The molecule has 2 heteroatoms. The third-order valence-electron chi connectivity index (χ3n) is 2.70. The third kappa shape index (κ3) is 1.73. The van der Waals surface area contributed by atoms with Crippen LogP contribution in [-0.4, -0.2) is 10.8 Å². The summed E-state index contributed by atoms with van der Waals surface area (Å²) in [4.78, 5) is 0. The highest BCUT2D eigenvalue weighted by atomic mass is 32.1. The molecular formula is C13H12NS+. The second-order valence-corrected chi connectivity index (χ2v) is 4.62. The van der Waals surface area contributed by atoms with Gasteiger partial charge in [0.1, 0.15) is 0 Å². The van der Waals surface area contributed by atoms with Gasteiger partial charge in [0.2, 0.25) is 0 Å². The summed E-state index contributed by atoms with van der Waals surface area (Å²) < 4.78 is 2.37. The average molecular weight is 214 g/mol. The largest absolute Gasteiger partial charge is 0.227 e. The highest BCUT2D eigenvalue weighted by Crippen LogP contribution is 2.19. The van der Waals surface area contributed by atoms with Crippen LogP contribution in [-0.2, 0) is 13.1 Å². The minimum absolute atomic E-state index is 1.01. The van der Waals surface area contributed by atoms with Crippen LogP contribution in [0.15, 0.2) is 41.1 Å². The SMILES string of the molecule is C1=[N+](Cc2ccccc2)Cc2cscc21. The van der Waals surface area contributed by atoms with Crippen molar-refractivity contribution in [1.82, 2.24) is 0 Å². The van der Waals surface area contributed by atoms with Crippen LogP contribution in [0.3, 0.4) is 0 Å². The molecule has 2 heterocycles. The zero-order valence-corrected chi connectivity index (χ0v) is 9.20. The van der Waals surface area contributed by atoms with Gasteiger partial charge >= 0.3 is 0 Å². The number of hydrogen-bond acceptors (Lipinski definition) is 1. The van der Waals surface area contributed by atoms with Gasteiger partial charge in [-0.3, -0.25) is 0 Å². The Morgan fingerprint density at radius 1 is 1.13 bits per heavy atom. The van der Waals surface area contributed by atoms with Gasteiger partial charge in [-0.15, -0.1) is 0 Å². The monoisotopic (exact) mass is 214 g/mol. The molecule has 0 saturated heterocycles. The van der Waals surface area contributed by atoms with Gasteiger partial charge in [0.05, 0.1) is 5.56 Å². The van der Waals surface area contributed by atoms with Crippen LogP contribution in [0, 0.1) is 0 Å². The molecule has 1 aliphatic rings. The van der Waals surface area contributed by atoms with E-state index >= 15 is 0 Å². The summed E-state index contributed by atoms with van der Waals surface area (Å²) in [6, 6.07) is 10.6. The molecule has 0 atom stereocenters. The number of thiophene rings is 1. The van der Waals surface area contributed by atoms with Crippen molar-refractivity contribution in [3.63, 3.8) is 0 Å². The summed E-state index contributed by atoms with van der Waals surface area (Å²) in [5, 5.41) is 4.47. The van der Waals surface area contributed by atoms with Gasteiger partial charge in [-0.25, -0.2) is 4.58 Å². The molecule has 0 spiro atoms. The smallest absolute Gasteiger partial charge is 0.172 e. The van der Waals surface area contributed by atoms with E-state index in [1.165, 1.54) is 16.7 Å². The first-order valence-electron chi connectivity index (χ1n) is 5.10. The van der Waals surface area contributed by atoms with E-state index in [2.05, 4.69) is 51.9 Å². The molecular weight excluding hydrogens is 202 g/mol. The van der Waals surface area contributed by atoms with Gasteiger partial charge in [-0.2, -0.15) is 11.3 Å². The molecule has 0 radical (unpaired) electrons. The molecule has 1 aromatic carbocycles. The van der Waals surface area contributed by atoms with E-state index in [0.29, 0.717) is 0 Å². The Morgan fingerprint density at radius 2 is 2.00 bits per heavy atom. The summed E-state index contributed by atoms with van der Waals surface area (Å²) in [6.07, 6.45) is 2.26. The molecule has 1 nitrogen and oxygen atoms in total. The Kier molecular flexibility index (Phi) is 2.14. The van der Waals surface area contributed by atoms with Crippen LogP contribution in [0.25, 0.3) is 0 Å². The van der Waals surface area contributed by atoms with Gasteiger partial charge < -0.3 is 0 Å². The van der Waals surface area contributed by atoms with E-state index in [-0.39, 0.29) is 0 Å². The second-order valence-electron chi connectivity index (χ2n) is 3.87. The first-order chi connectivity index (χ1) is 7.42. The van der Waals surface area contributed by atoms with E-state index in [9.17, 15) is 0 Å². The lowest BCUT2D eigenvalue weighted by molar-refractivity contribution is -0.551. The Hall–Kier alpha value is -1.41. The lowest BCUT2D eigenvalue weighted by Crippen LogP contribution is -2.06. The Labute approximate surface area is 93.3 Å². The standard InChI is InChI=1S/C13H12NS/c1-2-4-11(5-3-1)6-14-7-12-9-15-10-13(12)8-14/h1-5,7,9-10H,6,8H2/q+1. The number of rotatable bonds is 2. The topological polar surface area (TPSA) is 3.01 Å². The Morgan fingerprint density at radius 3 is 2.80 bits per heavy atom. The molecule has 0 amide bonds. The second kappa shape index (κ2) is 3.63. The molecule has 0 unspecified atom stereocenters. The molecule has 0 fully saturated rings. The zero-order valence-electron chi connectivity index (χ0n) is 8.39. The molecule has 74 valence electrons. The van der Waals surface area contributed by atoms with Gasteiger partial charge in [0.25, 0.3) is 0 Å². The maximum Gasteiger partial charge on any atom is 0.172 e. The number of hydrogen-bond donors (Lipinski definition) is 0. The van der Waals surface area contributed by atoms with Gasteiger partial charge in [-0.1, -0.05) is 30.3 Å². The van der Waals surface area contributed by atoms with E-state index in [1.807, 2.05) is 0 Å². The zero-order chi connectivity index (χ0) is 10.1. The van der Waals surface area contributed by atoms with Gasteiger partial charge in [0, 0.05) is 21.9 Å². The molecule has 15 heavy (non-hydrogen) atoms. The van der Waals surface area contributed by atoms with Crippen molar-refractivity contribution in [2.24, 2.45) is 0 Å². The molecule has 0 bridgehead atoms. The predicted molar refractivity (Wildman–Crippen MR) is 63.6 cm³/mol. The van der Waals surface area contributed by atoms with Crippen molar-refractivity contribution in [3.8, 4) is 0 Å². The summed E-state index contributed by atoms with van der Waals surface area (Å²) in [5.74, 6) is 0. The summed E-state index contributed by atoms with van der Waals surface area (Å²) in [6.45, 7) is 2.08. The first kappa shape index (κ1) is 8.86. The van der Waals surface area contributed by atoms with Crippen molar-refractivity contribution in [2.75, 3.05) is 0 Å². The van der Waals surface area contributed by atoms with Crippen molar-refractivity contribution < 1.29 is 4.58 Å². The molecule has 3 rings (SSSR count). The van der Waals surface area contributed by atoms with Crippen LogP contribution in [0.4, 0.5) is 0 Å². The highest BCUT2D eigenvalue weighted by molar-refractivity contribution is 7.08. The van der Waals surface area contributed by atoms with Crippen LogP contribution in [0.1, 0.15) is 16.7 Å². The third-order valence-corrected chi connectivity index (χ3v) is 3.51. The maximum absolute atomic E-state index is 2.37. The Balaban J connectivity index is 1.80. The average Bonchev–Trinajstić information content (AvgIpc) is 2.79. The quantitative estimate of drug-likeness (QED) is 0.676. The van der Waals surface area contributed by atoms with Crippen LogP contribution in [0.2, 0.25) is 0 Å². The normalized spacial score (nSPS) is 13.7. The van der Waals surface area contributed by atoms with Crippen LogP contribution >= 0.6 is 11.3 Å². The minimum atomic E-state index is 1.01. The van der Waals surface area contributed by atoms with Gasteiger partial charge in [-0.05, 0) is 0 Å². The lowest BCUT2D eigenvalue weighted by atomic mass is 10.2. The molecule has 2 aromatic rings. The maximum atomic E-state index is 2.37. The van der Waals surface area contributed by atoms with Crippen LogP contribution in [0.5, 0.6) is 0 Å². The number of fused-ring (bicyclic) bond motifs is 1. The molecule has 0 N–H and O–H groups in total. The van der Waals surface area contributed by atoms with E-state index < -0.39 is 0 Å². The Bertz CT molecular complexity index is 496. The van der Waals surface area contributed by atoms with Crippen molar-refractivity contribution >= 4 is 17.6 Å². The number of nitrogens with zero attached hydrogens (tertiary/aromatic N) is 1. The molecule has 1 aromatic heterocycles.